The number of hydrogen-bond acceptors (Lipinski definition) is 2. The summed E-state index contributed by atoms with van der Waals surface area (Å²) in [5.74, 6) is 0.599. The van der Waals surface area contributed by atoms with E-state index in [1.54, 1.807) is 13.1 Å². The molecule has 0 radical (unpaired) electrons. The van der Waals surface area contributed by atoms with Crippen molar-refractivity contribution in [2.75, 3.05) is 20.1 Å². The van der Waals surface area contributed by atoms with Gasteiger partial charge in [-0.3, -0.25) is 9.67 Å². The maximum absolute atomic E-state index is 13.1. The van der Waals surface area contributed by atoms with Crippen molar-refractivity contribution in [1.82, 2.24) is 20.4 Å². The van der Waals surface area contributed by atoms with Gasteiger partial charge in [0.05, 0.1) is 5.69 Å². The van der Waals surface area contributed by atoms with Crippen molar-refractivity contribution in [3.63, 3.8) is 0 Å². The van der Waals surface area contributed by atoms with E-state index in [4.69, 9.17) is 0 Å². The summed E-state index contributed by atoms with van der Waals surface area (Å²) < 4.78 is 15.2. The Morgan fingerprint density at radius 2 is 1.88 bits per heavy atom. The molecule has 26 heavy (non-hydrogen) atoms. The van der Waals surface area contributed by atoms with E-state index in [0.717, 1.165) is 55.3 Å². The van der Waals surface area contributed by atoms with E-state index >= 15 is 0 Å². The molecule has 2 aromatic rings. The first-order valence-corrected chi connectivity index (χ1v) is 8.70. The minimum atomic E-state index is -0.186. The third-order valence-electron chi connectivity index (χ3n) is 4.16. The fraction of sp³-hybridized carbons (Fsp3) is 0.474. The van der Waals surface area contributed by atoms with Crippen LogP contribution in [0.15, 0.2) is 29.3 Å². The quantitative estimate of drug-likeness (QED) is 0.281. The van der Waals surface area contributed by atoms with Crippen molar-refractivity contribution in [1.29, 1.82) is 0 Å². The van der Waals surface area contributed by atoms with Gasteiger partial charge < -0.3 is 10.6 Å². The molecule has 2 rings (SSSR count). The van der Waals surface area contributed by atoms with E-state index in [9.17, 15) is 4.39 Å². The monoisotopic (exact) mass is 473 g/mol. The van der Waals surface area contributed by atoms with Crippen LogP contribution in [0.25, 0.3) is 0 Å². The Morgan fingerprint density at radius 1 is 1.15 bits per heavy atom. The zero-order valence-electron chi connectivity index (χ0n) is 16.0. The molecule has 7 heteroatoms. The third kappa shape index (κ3) is 6.93. The number of nitrogens with one attached hydrogen (secondary N) is 2. The molecule has 0 bridgehead atoms. The summed E-state index contributed by atoms with van der Waals surface area (Å²) >= 11 is 0. The van der Waals surface area contributed by atoms with E-state index < -0.39 is 0 Å². The number of guanidine groups is 1. The molecular weight excluding hydrogens is 444 g/mol. The van der Waals surface area contributed by atoms with Gasteiger partial charge >= 0.3 is 0 Å². The lowest BCUT2D eigenvalue weighted by Crippen LogP contribution is -2.39. The van der Waals surface area contributed by atoms with Gasteiger partial charge in [-0.25, -0.2) is 4.39 Å². The second kappa shape index (κ2) is 11.2. The summed E-state index contributed by atoms with van der Waals surface area (Å²) in [7, 11) is 1.76. The number of aliphatic imine (C=N–C) groups is 1. The Bertz CT molecular complexity index is 727. The number of benzene rings is 1. The molecule has 0 aliphatic heterocycles. The second-order valence-corrected chi connectivity index (χ2v) is 6.25. The van der Waals surface area contributed by atoms with Crippen LogP contribution in [0.2, 0.25) is 0 Å². The highest BCUT2D eigenvalue weighted by atomic mass is 127. The van der Waals surface area contributed by atoms with Crippen molar-refractivity contribution in [3.05, 3.63) is 52.6 Å². The van der Waals surface area contributed by atoms with Gasteiger partial charge in [0.15, 0.2) is 5.96 Å². The SMILES string of the molecule is CN=C(NCCCn1nc(C)cc1C)NCCc1ccc(F)cc1C.I. The molecule has 0 aliphatic carbocycles. The van der Waals surface area contributed by atoms with Gasteiger partial charge in [0.25, 0.3) is 0 Å². The lowest BCUT2D eigenvalue weighted by molar-refractivity contribution is 0.555. The molecule has 1 aromatic carbocycles. The van der Waals surface area contributed by atoms with E-state index in [0.29, 0.717) is 0 Å². The first kappa shape index (κ1) is 22.4. The minimum Gasteiger partial charge on any atom is -0.356 e. The first-order chi connectivity index (χ1) is 12.0. The molecule has 1 heterocycles. The summed E-state index contributed by atoms with van der Waals surface area (Å²) in [5, 5.41) is 11.1. The standard InChI is InChI=1S/C19H28FN5.HI/c1-14-12-18(20)7-6-17(14)8-10-23-19(21-4)22-9-5-11-25-16(3)13-15(2)24-25;/h6-7,12-13H,5,8-11H2,1-4H3,(H2,21,22,23);1H. The number of nitrogens with zero attached hydrogens (tertiary/aromatic N) is 3. The van der Waals surface area contributed by atoms with Crippen LogP contribution < -0.4 is 10.6 Å². The Kier molecular flexibility index (Phi) is 9.61. The maximum atomic E-state index is 13.1. The van der Waals surface area contributed by atoms with Gasteiger partial charge in [0.1, 0.15) is 5.82 Å². The Labute approximate surface area is 172 Å². The molecule has 0 saturated heterocycles. The van der Waals surface area contributed by atoms with E-state index in [1.165, 1.54) is 11.8 Å². The maximum Gasteiger partial charge on any atom is 0.190 e. The summed E-state index contributed by atoms with van der Waals surface area (Å²) in [6, 6.07) is 7.01. The smallest absolute Gasteiger partial charge is 0.190 e. The van der Waals surface area contributed by atoms with E-state index in [2.05, 4.69) is 33.7 Å². The largest absolute Gasteiger partial charge is 0.356 e. The number of halogens is 2. The predicted octanol–water partition coefficient (Wildman–Crippen LogP) is 3.36. The van der Waals surface area contributed by atoms with Crippen LogP contribution in [0.3, 0.4) is 0 Å². The highest BCUT2D eigenvalue weighted by molar-refractivity contribution is 14.0. The number of rotatable bonds is 7. The minimum absolute atomic E-state index is 0. The van der Waals surface area contributed by atoms with Crippen molar-refractivity contribution < 1.29 is 4.39 Å². The normalized spacial score (nSPS) is 11.2. The predicted molar refractivity (Wildman–Crippen MR) is 116 cm³/mol. The molecule has 1 aromatic heterocycles. The lowest BCUT2D eigenvalue weighted by atomic mass is 10.1. The molecule has 0 spiro atoms. The number of aromatic nitrogens is 2. The fourth-order valence-electron chi connectivity index (χ4n) is 2.81. The molecule has 144 valence electrons. The van der Waals surface area contributed by atoms with Crippen LogP contribution in [0, 0.1) is 26.6 Å². The van der Waals surface area contributed by atoms with Crippen LogP contribution in [-0.4, -0.2) is 35.9 Å². The van der Waals surface area contributed by atoms with E-state index in [1.807, 2.05) is 24.6 Å². The summed E-state index contributed by atoms with van der Waals surface area (Å²) in [5.41, 5.74) is 4.37. The van der Waals surface area contributed by atoms with E-state index in [-0.39, 0.29) is 29.8 Å². The Balaban J connectivity index is 0.00000338. The average molecular weight is 473 g/mol. The molecule has 5 nitrogen and oxygen atoms in total. The molecule has 0 saturated carbocycles. The lowest BCUT2D eigenvalue weighted by Gasteiger charge is -2.13. The Hall–Kier alpha value is -1.64. The zero-order valence-corrected chi connectivity index (χ0v) is 18.3. The molecule has 2 N–H and O–H groups in total. The van der Waals surface area contributed by atoms with Crippen molar-refractivity contribution in [2.45, 2.75) is 40.2 Å². The van der Waals surface area contributed by atoms with Gasteiger partial charge in [-0.1, -0.05) is 6.07 Å². The zero-order chi connectivity index (χ0) is 18.2. The summed E-state index contributed by atoms with van der Waals surface area (Å²) in [6.45, 7) is 8.49. The van der Waals surface area contributed by atoms with Crippen LogP contribution in [0.4, 0.5) is 4.39 Å². The van der Waals surface area contributed by atoms with Gasteiger partial charge in [-0.05, 0) is 62.9 Å². The third-order valence-corrected chi connectivity index (χ3v) is 4.16. The highest BCUT2D eigenvalue weighted by Gasteiger charge is 2.03. The van der Waals surface area contributed by atoms with Gasteiger partial charge in [0, 0.05) is 32.4 Å². The highest BCUT2D eigenvalue weighted by Crippen LogP contribution is 2.10. The van der Waals surface area contributed by atoms with Crippen LogP contribution in [-0.2, 0) is 13.0 Å². The number of aryl methyl sites for hydroxylation is 4. The number of hydrogen-bond donors (Lipinski definition) is 2. The van der Waals surface area contributed by atoms with Crippen molar-refractivity contribution >= 4 is 29.9 Å². The van der Waals surface area contributed by atoms with Gasteiger partial charge in [0.2, 0.25) is 0 Å². The average Bonchev–Trinajstić information content (AvgIpc) is 2.89. The molecular formula is C19H29FIN5. The van der Waals surface area contributed by atoms with Crippen LogP contribution in [0.5, 0.6) is 0 Å². The topological polar surface area (TPSA) is 54.2 Å². The first-order valence-electron chi connectivity index (χ1n) is 8.70. The summed E-state index contributed by atoms with van der Waals surface area (Å²) in [4.78, 5) is 4.23. The molecule has 0 atom stereocenters. The summed E-state index contributed by atoms with van der Waals surface area (Å²) in [6.07, 6.45) is 1.80. The van der Waals surface area contributed by atoms with Crippen LogP contribution in [0.1, 0.15) is 28.9 Å². The Morgan fingerprint density at radius 3 is 2.50 bits per heavy atom. The molecule has 0 unspecified atom stereocenters. The molecule has 0 fully saturated rings. The molecule has 0 amide bonds. The second-order valence-electron chi connectivity index (χ2n) is 6.25. The van der Waals surface area contributed by atoms with Crippen LogP contribution >= 0.6 is 24.0 Å². The molecule has 0 aliphatic rings. The van der Waals surface area contributed by atoms with Gasteiger partial charge in [-0.15, -0.1) is 24.0 Å². The van der Waals surface area contributed by atoms with Gasteiger partial charge in [-0.2, -0.15) is 5.10 Å². The fourth-order valence-corrected chi connectivity index (χ4v) is 2.81. The van der Waals surface area contributed by atoms with Crippen molar-refractivity contribution in [3.8, 4) is 0 Å². The van der Waals surface area contributed by atoms with Crippen molar-refractivity contribution in [2.24, 2.45) is 4.99 Å².